The van der Waals surface area contributed by atoms with E-state index in [1.54, 1.807) is 38.5 Å². The standard InChI is InChI=1S/C18H34B2/c1-16(2,3)18(19,20)15-11-14-9-6-8-13-7-4-5-10-17(13,14)12-15/h13-15H,4-12,19-20H2,1-3H3. The molecule has 0 amide bonds. The van der Waals surface area contributed by atoms with Crippen molar-refractivity contribution in [1.29, 1.82) is 0 Å². The molecule has 3 rings (SSSR count). The van der Waals surface area contributed by atoms with Gasteiger partial charge in [0.1, 0.15) is 15.7 Å². The van der Waals surface area contributed by atoms with Gasteiger partial charge in [-0.2, -0.15) is 0 Å². The molecule has 0 heterocycles. The third-order valence-corrected chi connectivity index (χ3v) is 8.33. The highest BCUT2D eigenvalue weighted by Gasteiger charge is 2.57. The predicted molar refractivity (Wildman–Crippen MR) is 93.7 cm³/mol. The summed E-state index contributed by atoms with van der Waals surface area (Å²) < 4.78 is 0. The molecule has 112 valence electrons. The van der Waals surface area contributed by atoms with Crippen LogP contribution in [-0.2, 0) is 0 Å². The maximum Gasteiger partial charge on any atom is 0.100 e. The molecule has 1 spiro atoms. The molecule has 0 aromatic carbocycles. The summed E-state index contributed by atoms with van der Waals surface area (Å²) in [6, 6.07) is 0. The van der Waals surface area contributed by atoms with E-state index < -0.39 is 0 Å². The molecule has 0 radical (unpaired) electrons. The zero-order valence-electron chi connectivity index (χ0n) is 14.6. The summed E-state index contributed by atoms with van der Waals surface area (Å²) in [5, 5.41) is 0.487. The van der Waals surface area contributed by atoms with Crippen LogP contribution in [0.4, 0.5) is 0 Å². The zero-order chi connectivity index (χ0) is 14.6. The second kappa shape index (κ2) is 4.82. The molecule has 0 aliphatic heterocycles. The molecule has 0 aromatic rings. The molecular weight excluding hydrogens is 238 g/mol. The molecule has 4 atom stereocenters. The number of hydrogen-bond acceptors (Lipinski definition) is 0. The molecular formula is C18H34B2. The number of hydrogen-bond donors (Lipinski definition) is 0. The van der Waals surface area contributed by atoms with Crippen molar-refractivity contribution in [1.82, 2.24) is 0 Å². The van der Waals surface area contributed by atoms with Crippen LogP contribution in [0.5, 0.6) is 0 Å². The summed E-state index contributed by atoms with van der Waals surface area (Å²) in [6.45, 7) is 7.39. The van der Waals surface area contributed by atoms with E-state index in [0.717, 1.165) is 23.2 Å². The zero-order valence-corrected chi connectivity index (χ0v) is 14.6. The van der Waals surface area contributed by atoms with E-state index in [4.69, 9.17) is 0 Å². The molecule has 0 aromatic heterocycles. The molecule has 3 aliphatic carbocycles. The van der Waals surface area contributed by atoms with E-state index in [1.807, 2.05) is 0 Å². The SMILES string of the molecule is BC(B)(C1CC2CCCC3CCCCC32C1)C(C)(C)C. The lowest BCUT2D eigenvalue weighted by molar-refractivity contribution is 0.00614. The van der Waals surface area contributed by atoms with Crippen LogP contribution in [0.15, 0.2) is 0 Å². The molecule has 3 saturated carbocycles. The van der Waals surface area contributed by atoms with Crippen LogP contribution >= 0.6 is 0 Å². The van der Waals surface area contributed by atoms with Gasteiger partial charge >= 0.3 is 0 Å². The van der Waals surface area contributed by atoms with Gasteiger partial charge in [0.05, 0.1) is 0 Å². The Hall–Kier alpha value is 0.130. The molecule has 20 heavy (non-hydrogen) atoms. The normalized spacial score (nSPS) is 42.0. The fourth-order valence-electron chi connectivity index (χ4n) is 6.04. The van der Waals surface area contributed by atoms with Gasteiger partial charge in [-0.05, 0) is 67.1 Å². The van der Waals surface area contributed by atoms with Crippen molar-refractivity contribution in [3.05, 3.63) is 0 Å². The Balaban J connectivity index is 1.86. The molecule has 3 fully saturated rings. The van der Waals surface area contributed by atoms with Gasteiger partial charge in [0, 0.05) is 0 Å². The average Bonchev–Trinajstić information content (AvgIpc) is 2.75. The Morgan fingerprint density at radius 3 is 2.25 bits per heavy atom. The van der Waals surface area contributed by atoms with Gasteiger partial charge in [-0.15, -0.1) is 0 Å². The lowest BCUT2D eigenvalue weighted by Gasteiger charge is -2.50. The van der Waals surface area contributed by atoms with E-state index in [9.17, 15) is 0 Å². The van der Waals surface area contributed by atoms with Crippen LogP contribution in [0.2, 0.25) is 5.21 Å². The molecule has 0 nitrogen and oxygen atoms in total. The lowest BCUT2D eigenvalue weighted by Crippen LogP contribution is -2.41. The predicted octanol–water partition coefficient (Wildman–Crippen LogP) is 3.80. The van der Waals surface area contributed by atoms with Crippen molar-refractivity contribution in [3.8, 4) is 0 Å². The van der Waals surface area contributed by atoms with Gasteiger partial charge < -0.3 is 0 Å². The first kappa shape index (κ1) is 15.0. The summed E-state index contributed by atoms with van der Waals surface area (Å²) in [5.74, 6) is 3.13. The van der Waals surface area contributed by atoms with Gasteiger partial charge in [-0.1, -0.05) is 45.2 Å². The third-order valence-electron chi connectivity index (χ3n) is 8.33. The van der Waals surface area contributed by atoms with Crippen molar-refractivity contribution < 1.29 is 0 Å². The van der Waals surface area contributed by atoms with E-state index in [0.29, 0.717) is 10.6 Å². The minimum absolute atomic E-state index is 0.436. The lowest BCUT2D eigenvalue weighted by atomic mass is 9.38. The highest BCUT2D eigenvalue weighted by Crippen LogP contribution is 2.67. The largest absolute Gasteiger partial charge is 0.100 e. The Bertz CT molecular complexity index is 366. The van der Waals surface area contributed by atoms with E-state index in [-0.39, 0.29) is 0 Å². The summed E-state index contributed by atoms with van der Waals surface area (Å²) in [5.41, 5.74) is 1.22. The summed E-state index contributed by atoms with van der Waals surface area (Å²) in [7, 11) is 5.12. The van der Waals surface area contributed by atoms with E-state index >= 15 is 0 Å². The van der Waals surface area contributed by atoms with Crippen molar-refractivity contribution in [2.24, 2.45) is 28.6 Å². The fourth-order valence-corrected chi connectivity index (χ4v) is 6.04. The van der Waals surface area contributed by atoms with Gasteiger partial charge in [0.15, 0.2) is 0 Å². The summed E-state index contributed by atoms with van der Waals surface area (Å²) in [4.78, 5) is 0. The van der Waals surface area contributed by atoms with Gasteiger partial charge in [0.25, 0.3) is 0 Å². The smallest absolute Gasteiger partial charge is 0.0771 e. The van der Waals surface area contributed by atoms with Gasteiger partial charge in [-0.3, -0.25) is 0 Å². The third kappa shape index (κ3) is 2.12. The highest BCUT2D eigenvalue weighted by atomic mass is 14.6. The van der Waals surface area contributed by atoms with Crippen LogP contribution in [-0.4, -0.2) is 15.7 Å². The topological polar surface area (TPSA) is 0 Å². The second-order valence-corrected chi connectivity index (χ2v) is 9.91. The fraction of sp³-hybridized carbons (Fsp3) is 1.00. The molecule has 4 unspecified atom stereocenters. The summed E-state index contributed by atoms with van der Waals surface area (Å²) >= 11 is 0. The van der Waals surface area contributed by atoms with Crippen LogP contribution in [0.3, 0.4) is 0 Å². The first-order valence-electron chi connectivity index (χ1n) is 9.27. The van der Waals surface area contributed by atoms with E-state index in [1.165, 1.54) is 19.3 Å². The van der Waals surface area contributed by atoms with Crippen molar-refractivity contribution in [3.63, 3.8) is 0 Å². The molecule has 0 N–H and O–H groups in total. The van der Waals surface area contributed by atoms with Crippen LogP contribution in [0, 0.1) is 28.6 Å². The average molecular weight is 272 g/mol. The van der Waals surface area contributed by atoms with Gasteiger partial charge in [0.2, 0.25) is 0 Å². The first-order chi connectivity index (χ1) is 9.27. The monoisotopic (exact) mass is 272 g/mol. The molecule has 0 saturated heterocycles. The van der Waals surface area contributed by atoms with Crippen molar-refractivity contribution in [2.45, 2.75) is 83.8 Å². The van der Waals surface area contributed by atoms with E-state index in [2.05, 4.69) is 36.5 Å². The Morgan fingerprint density at radius 1 is 0.900 bits per heavy atom. The second-order valence-electron chi connectivity index (χ2n) is 9.91. The van der Waals surface area contributed by atoms with Crippen molar-refractivity contribution >= 4 is 15.7 Å². The maximum atomic E-state index is 2.56. The van der Waals surface area contributed by atoms with Crippen LogP contribution < -0.4 is 0 Å². The molecule has 3 aliphatic rings. The quantitative estimate of drug-likeness (QED) is 0.637. The first-order valence-corrected chi connectivity index (χ1v) is 9.27. The minimum Gasteiger partial charge on any atom is -0.0771 e. The Kier molecular flexibility index (Phi) is 3.62. The maximum absolute atomic E-state index is 2.56. The molecule has 0 bridgehead atoms. The van der Waals surface area contributed by atoms with Crippen molar-refractivity contribution in [2.75, 3.05) is 0 Å². The Labute approximate surface area is 128 Å². The van der Waals surface area contributed by atoms with Gasteiger partial charge in [-0.25, -0.2) is 0 Å². The van der Waals surface area contributed by atoms with Crippen LogP contribution in [0.25, 0.3) is 0 Å². The summed E-state index contributed by atoms with van der Waals surface area (Å²) in [6.07, 6.45) is 13.9. The highest BCUT2D eigenvalue weighted by molar-refractivity contribution is 6.40. The minimum atomic E-state index is 0.436. The van der Waals surface area contributed by atoms with Crippen LogP contribution in [0.1, 0.15) is 78.6 Å². The Morgan fingerprint density at radius 2 is 1.55 bits per heavy atom. The number of rotatable bonds is 1. The molecule has 2 heteroatoms.